The molecule has 3 amide bonds. The number of aliphatic carboxylic acids is 2. The third-order valence-electron chi connectivity index (χ3n) is 4.26. The normalized spacial score (nSPS) is 14.3. The lowest BCUT2D eigenvalue weighted by atomic mass is 10.1. The lowest BCUT2D eigenvalue weighted by molar-refractivity contribution is -0.143. The Bertz CT molecular complexity index is 823. The Balaban J connectivity index is 2.82. The number of benzene rings is 1. The number of amides is 3. The smallest absolute Gasteiger partial charge is 0.327 e. The molecule has 176 valence electrons. The number of carbonyl (C=O) groups excluding carboxylic acids is 3. The molecule has 12 nitrogen and oxygen atoms in total. The van der Waals surface area contributed by atoms with Crippen molar-refractivity contribution in [1.82, 2.24) is 16.0 Å². The van der Waals surface area contributed by atoms with Gasteiger partial charge in [0, 0.05) is 5.75 Å². The number of hydrogen-bond donors (Lipinski definition) is 8. The van der Waals surface area contributed by atoms with E-state index in [-0.39, 0.29) is 12.2 Å². The SMILES string of the molecule is NC(Cc1ccccc1)C(=O)NC(CC(=O)O)C(=O)NC(CO)C(=O)NC(CS)C(=O)O. The van der Waals surface area contributed by atoms with Crippen LogP contribution in [0.1, 0.15) is 12.0 Å². The van der Waals surface area contributed by atoms with E-state index in [1.54, 1.807) is 30.3 Å². The van der Waals surface area contributed by atoms with Gasteiger partial charge in [-0.05, 0) is 12.0 Å². The minimum Gasteiger partial charge on any atom is -0.481 e. The summed E-state index contributed by atoms with van der Waals surface area (Å²) in [6.07, 6.45) is -0.681. The molecular weight excluding hydrogens is 444 g/mol. The summed E-state index contributed by atoms with van der Waals surface area (Å²) in [6, 6.07) is 3.15. The summed E-state index contributed by atoms with van der Waals surface area (Å²) in [7, 11) is 0. The zero-order valence-corrected chi connectivity index (χ0v) is 17.8. The molecule has 0 aliphatic heterocycles. The van der Waals surface area contributed by atoms with E-state index in [1.807, 2.05) is 0 Å². The second-order valence-corrected chi connectivity index (χ2v) is 7.15. The first-order valence-corrected chi connectivity index (χ1v) is 10.1. The molecule has 4 unspecified atom stereocenters. The fraction of sp³-hybridized carbons (Fsp3) is 0.421. The molecule has 0 aliphatic rings. The highest BCUT2D eigenvalue weighted by molar-refractivity contribution is 7.80. The summed E-state index contributed by atoms with van der Waals surface area (Å²) in [6.45, 7) is -0.905. The number of carboxylic acids is 2. The maximum atomic E-state index is 12.5. The Hall–Kier alpha value is -3.16. The van der Waals surface area contributed by atoms with Gasteiger partial charge in [0.25, 0.3) is 0 Å². The molecule has 0 saturated carbocycles. The number of hydrogen-bond acceptors (Lipinski definition) is 8. The molecule has 0 saturated heterocycles. The Labute approximate surface area is 189 Å². The van der Waals surface area contributed by atoms with Gasteiger partial charge < -0.3 is 37.0 Å². The van der Waals surface area contributed by atoms with E-state index in [1.165, 1.54) is 0 Å². The van der Waals surface area contributed by atoms with Crippen molar-refractivity contribution in [1.29, 1.82) is 0 Å². The van der Waals surface area contributed by atoms with Gasteiger partial charge in [0.05, 0.1) is 19.1 Å². The van der Waals surface area contributed by atoms with Crippen molar-refractivity contribution in [2.24, 2.45) is 5.73 Å². The summed E-state index contributed by atoms with van der Waals surface area (Å²) >= 11 is 3.79. The van der Waals surface area contributed by atoms with Crippen LogP contribution in [0.5, 0.6) is 0 Å². The minimum atomic E-state index is -1.59. The van der Waals surface area contributed by atoms with E-state index in [0.717, 1.165) is 5.56 Å². The standard InChI is InChI=1S/C19H26N4O8S/c20-11(6-10-4-2-1-3-5-10)16(27)21-12(7-15(25)26)17(28)22-13(8-24)18(29)23-14(9-32)19(30)31/h1-5,11-14,24,32H,6-9,20H2,(H,21,27)(H,22,28)(H,23,29)(H,25,26)(H,30,31). The topological polar surface area (TPSA) is 208 Å². The van der Waals surface area contributed by atoms with Gasteiger partial charge in [0.1, 0.15) is 18.1 Å². The maximum Gasteiger partial charge on any atom is 0.327 e. The van der Waals surface area contributed by atoms with Crippen LogP contribution in [-0.4, -0.2) is 81.5 Å². The molecule has 0 fully saturated rings. The highest BCUT2D eigenvalue weighted by Gasteiger charge is 2.31. The summed E-state index contributed by atoms with van der Waals surface area (Å²) in [4.78, 5) is 59.2. The Morgan fingerprint density at radius 3 is 1.91 bits per heavy atom. The predicted octanol–water partition coefficient (Wildman–Crippen LogP) is -2.51. The van der Waals surface area contributed by atoms with Crippen LogP contribution in [0.25, 0.3) is 0 Å². The fourth-order valence-corrected chi connectivity index (χ4v) is 2.80. The van der Waals surface area contributed by atoms with Crippen LogP contribution in [0, 0.1) is 0 Å². The van der Waals surface area contributed by atoms with E-state index < -0.39 is 66.9 Å². The first-order chi connectivity index (χ1) is 15.1. The number of aliphatic hydroxyl groups is 1. The zero-order chi connectivity index (χ0) is 24.3. The number of carbonyl (C=O) groups is 5. The third-order valence-corrected chi connectivity index (χ3v) is 4.62. The van der Waals surface area contributed by atoms with Gasteiger partial charge in [-0.25, -0.2) is 4.79 Å². The van der Waals surface area contributed by atoms with Crippen molar-refractivity contribution in [3.05, 3.63) is 35.9 Å². The van der Waals surface area contributed by atoms with E-state index in [2.05, 4.69) is 28.6 Å². The van der Waals surface area contributed by atoms with Crippen LogP contribution in [0.3, 0.4) is 0 Å². The first-order valence-electron chi connectivity index (χ1n) is 9.46. The summed E-state index contributed by atoms with van der Waals surface area (Å²) in [5, 5.41) is 33.8. The fourth-order valence-electron chi connectivity index (χ4n) is 2.55. The molecule has 0 spiro atoms. The molecule has 13 heteroatoms. The average molecular weight is 471 g/mol. The molecule has 1 aromatic rings. The van der Waals surface area contributed by atoms with Gasteiger partial charge in [-0.15, -0.1) is 0 Å². The van der Waals surface area contributed by atoms with Gasteiger partial charge in [0.2, 0.25) is 17.7 Å². The van der Waals surface area contributed by atoms with Gasteiger partial charge in [-0.2, -0.15) is 12.6 Å². The average Bonchev–Trinajstić information content (AvgIpc) is 2.74. The van der Waals surface area contributed by atoms with Crippen LogP contribution in [-0.2, 0) is 30.4 Å². The lowest BCUT2D eigenvalue weighted by Gasteiger charge is -2.23. The molecule has 1 rings (SSSR count). The molecule has 0 bridgehead atoms. The molecule has 1 aromatic carbocycles. The van der Waals surface area contributed by atoms with Gasteiger partial charge in [0.15, 0.2) is 0 Å². The predicted molar refractivity (Wildman–Crippen MR) is 115 cm³/mol. The van der Waals surface area contributed by atoms with Gasteiger partial charge in [-0.1, -0.05) is 30.3 Å². The number of thiol groups is 1. The van der Waals surface area contributed by atoms with E-state index in [4.69, 9.17) is 15.9 Å². The number of nitrogens with two attached hydrogens (primary N) is 1. The maximum absolute atomic E-state index is 12.5. The number of aliphatic hydroxyl groups excluding tert-OH is 1. The summed E-state index contributed by atoms with van der Waals surface area (Å²) < 4.78 is 0. The molecule has 0 radical (unpaired) electrons. The van der Waals surface area contributed by atoms with Gasteiger partial charge in [-0.3, -0.25) is 19.2 Å². The highest BCUT2D eigenvalue weighted by atomic mass is 32.1. The Morgan fingerprint density at radius 2 is 1.41 bits per heavy atom. The Morgan fingerprint density at radius 1 is 0.875 bits per heavy atom. The van der Waals surface area contributed by atoms with Crippen molar-refractivity contribution in [2.75, 3.05) is 12.4 Å². The monoisotopic (exact) mass is 470 g/mol. The minimum absolute atomic E-state index is 0.135. The van der Waals surface area contributed by atoms with Crippen LogP contribution in [0.2, 0.25) is 0 Å². The van der Waals surface area contributed by atoms with E-state index >= 15 is 0 Å². The van der Waals surface area contributed by atoms with E-state index in [0.29, 0.717) is 0 Å². The first kappa shape index (κ1) is 26.9. The van der Waals surface area contributed by atoms with Crippen molar-refractivity contribution in [3.8, 4) is 0 Å². The zero-order valence-electron chi connectivity index (χ0n) is 16.9. The van der Waals surface area contributed by atoms with Crippen molar-refractivity contribution >= 4 is 42.3 Å². The summed E-state index contributed by atoms with van der Waals surface area (Å²) in [5.41, 5.74) is 6.60. The van der Waals surface area contributed by atoms with Crippen molar-refractivity contribution < 1.29 is 39.3 Å². The number of rotatable bonds is 13. The highest BCUT2D eigenvalue weighted by Crippen LogP contribution is 2.03. The second kappa shape index (κ2) is 13.3. The molecule has 4 atom stereocenters. The molecule has 0 heterocycles. The van der Waals surface area contributed by atoms with E-state index in [9.17, 15) is 29.1 Å². The third kappa shape index (κ3) is 8.91. The van der Waals surface area contributed by atoms with Crippen LogP contribution in [0.4, 0.5) is 0 Å². The molecular formula is C19H26N4O8S. The molecule has 0 aromatic heterocycles. The molecule has 8 N–H and O–H groups in total. The van der Waals surface area contributed by atoms with Gasteiger partial charge >= 0.3 is 11.9 Å². The number of nitrogens with one attached hydrogen (secondary N) is 3. The van der Waals surface area contributed by atoms with Crippen LogP contribution < -0.4 is 21.7 Å². The number of carboxylic acid groups (broad SMARTS) is 2. The molecule has 0 aliphatic carbocycles. The van der Waals surface area contributed by atoms with Crippen LogP contribution in [0.15, 0.2) is 30.3 Å². The van der Waals surface area contributed by atoms with Crippen molar-refractivity contribution in [3.63, 3.8) is 0 Å². The van der Waals surface area contributed by atoms with Crippen LogP contribution >= 0.6 is 12.6 Å². The second-order valence-electron chi connectivity index (χ2n) is 6.78. The largest absolute Gasteiger partial charge is 0.481 e. The molecule has 32 heavy (non-hydrogen) atoms. The summed E-state index contributed by atoms with van der Waals surface area (Å²) in [5.74, 6) is -5.92. The quantitative estimate of drug-likeness (QED) is 0.143. The lowest BCUT2D eigenvalue weighted by Crippen LogP contribution is -2.58. The van der Waals surface area contributed by atoms with Crippen molar-refractivity contribution in [2.45, 2.75) is 37.0 Å². The Kier molecular flexibility index (Phi) is 11.2.